The van der Waals surface area contributed by atoms with Crippen molar-refractivity contribution in [1.82, 2.24) is 26.6 Å². The Labute approximate surface area is 421 Å². The number of amides is 6. The molecule has 6 amide bonds. The Kier molecular flexibility index (Phi) is 20.6. The lowest BCUT2D eigenvalue weighted by Crippen LogP contribution is -2.58. The van der Waals surface area contributed by atoms with Crippen molar-refractivity contribution in [2.24, 2.45) is 71.6 Å². The molecule has 0 aliphatic heterocycles. The zero-order chi connectivity index (χ0) is 56.4. The summed E-state index contributed by atoms with van der Waals surface area (Å²) < 4.78 is 10.7. The Bertz CT molecular complexity index is 2760. The van der Waals surface area contributed by atoms with Crippen LogP contribution in [0.1, 0.15) is 27.5 Å². The summed E-state index contributed by atoms with van der Waals surface area (Å²) in [6.07, 6.45) is -8.63. The van der Waals surface area contributed by atoms with E-state index in [2.05, 4.69) is 30.6 Å². The van der Waals surface area contributed by atoms with Crippen molar-refractivity contribution in [2.45, 2.75) is 43.3 Å². The van der Waals surface area contributed by atoms with Crippen LogP contribution in [0.15, 0.2) is 80.6 Å². The van der Waals surface area contributed by atoms with Gasteiger partial charge in [-0.25, -0.2) is 24.8 Å². The highest BCUT2D eigenvalue weighted by Crippen LogP contribution is 2.39. The summed E-state index contributed by atoms with van der Waals surface area (Å²) in [4.78, 5) is 131. The summed E-state index contributed by atoms with van der Waals surface area (Å²) in [5.41, 5.74) is 44.5. The van der Waals surface area contributed by atoms with Crippen LogP contribution in [0, 0.1) is 20.2 Å². The molecular formula is C39H51N21O15. The summed E-state index contributed by atoms with van der Waals surface area (Å²) in [6.45, 7) is -2.02. The van der Waals surface area contributed by atoms with Gasteiger partial charge < -0.3 is 103 Å². The number of rotatable bonds is 26. The number of anilines is 1. The standard InChI is InChI=1S/C39H51N21O15/c1-74-18-9-8-16(22(12-18)75-2)13-58(24-19(35(68)69)10-17(59(70)71)11-20(24)60(72)73)21(14-61)30(63)49-23(15-6-4-3-5-7-15)31(64)51-27(55-37(43)44)33(66)53-29(57-39(47)48)34(67)52-28(56-38(45)46)32(65)50-26(25(40)62)54-36(41)42/h3-12,21,23,26-29,61H,13-14H2,1-2H3,(H2,40,62)(H,49,63)(H,50,65)(H,51,64)(H,52,67)(H,53,66)(H,68,69)(H4,41,42,54)(H4,43,44,55)(H4,45,46,56)(H4,47,48,57). The number of ether oxygens (including phenoxy) is 2. The molecule has 25 N–H and O–H groups in total. The van der Waals surface area contributed by atoms with E-state index in [1.165, 1.54) is 62.8 Å². The number of aliphatic hydroxyl groups is 1. The molecule has 0 saturated carbocycles. The highest BCUT2D eigenvalue weighted by molar-refractivity contribution is 6.02. The Balaban J connectivity index is 2.16. The van der Waals surface area contributed by atoms with Crippen molar-refractivity contribution in [1.29, 1.82) is 0 Å². The van der Waals surface area contributed by atoms with E-state index in [1.807, 2.05) is 16.0 Å². The van der Waals surface area contributed by atoms with Crippen molar-refractivity contribution in [3.8, 4) is 11.5 Å². The minimum atomic E-state index is -2.28. The molecule has 0 bridgehead atoms. The Morgan fingerprint density at radius 1 is 0.627 bits per heavy atom. The molecule has 36 heteroatoms. The molecule has 0 fully saturated rings. The van der Waals surface area contributed by atoms with Gasteiger partial charge >= 0.3 is 5.97 Å². The Morgan fingerprint density at radius 3 is 1.52 bits per heavy atom. The number of primary amides is 1. The minimum Gasteiger partial charge on any atom is -0.497 e. The quantitative estimate of drug-likeness (QED) is 0.0154. The number of nitro groups is 2. The minimum absolute atomic E-state index is 0.0139. The van der Waals surface area contributed by atoms with E-state index in [1.54, 1.807) is 0 Å². The van der Waals surface area contributed by atoms with Crippen LogP contribution in [0.4, 0.5) is 17.1 Å². The normalized spacial score (nSPS) is 12.8. The number of carboxylic acid groups (broad SMARTS) is 1. The molecule has 6 atom stereocenters. The van der Waals surface area contributed by atoms with Gasteiger partial charge in [0.2, 0.25) is 36.5 Å². The number of non-ortho nitro benzene ring substituents is 1. The highest BCUT2D eigenvalue weighted by Gasteiger charge is 2.39. The molecule has 402 valence electrons. The summed E-state index contributed by atoms with van der Waals surface area (Å²) >= 11 is 0. The number of aliphatic imine (C=N–C) groups is 4. The van der Waals surface area contributed by atoms with Crippen molar-refractivity contribution in [3.63, 3.8) is 0 Å². The molecule has 0 radical (unpaired) electrons. The second-order valence-electron chi connectivity index (χ2n) is 14.8. The number of carboxylic acids is 1. The fourth-order valence-corrected chi connectivity index (χ4v) is 6.42. The monoisotopic (exact) mass is 1050 g/mol. The van der Waals surface area contributed by atoms with E-state index in [4.69, 9.17) is 61.1 Å². The fraction of sp³-hybridized carbons (Fsp3) is 0.256. The molecule has 0 heterocycles. The molecule has 36 nitrogen and oxygen atoms in total. The Hall–Kier alpha value is -10.8. The van der Waals surface area contributed by atoms with Gasteiger partial charge in [-0.2, -0.15) is 0 Å². The predicted molar refractivity (Wildman–Crippen MR) is 261 cm³/mol. The van der Waals surface area contributed by atoms with Gasteiger partial charge in [-0.05, 0) is 17.7 Å². The number of aliphatic hydroxyl groups excluding tert-OH is 1. The number of methoxy groups -OCH3 is 2. The van der Waals surface area contributed by atoms with Gasteiger partial charge in [-0.3, -0.25) is 49.0 Å². The van der Waals surface area contributed by atoms with Gasteiger partial charge in [-0.1, -0.05) is 30.3 Å². The van der Waals surface area contributed by atoms with Crippen LogP contribution < -0.4 is 92.6 Å². The van der Waals surface area contributed by atoms with E-state index < -0.39 is 148 Å². The van der Waals surface area contributed by atoms with Crippen molar-refractivity contribution in [2.75, 3.05) is 25.7 Å². The molecule has 0 spiro atoms. The third kappa shape index (κ3) is 16.4. The van der Waals surface area contributed by atoms with Crippen LogP contribution in [0.3, 0.4) is 0 Å². The van der Waals surface area contributed by atoms with E-state index in [-0.39, 0.29) is 22.6 Å². The number of hydrogen-bond acceptors (Lipinski definition) is 19. The maximum atomic E-state index is 14.6. The molecule has 6 unspecified atom stereocenters. The van der Waals surface area contributed by atoms with Crippen molar-refractivity contribution >= 4 is 82.3 Å². The van der Waals surface area contributed by atoms with E-state index in [0.29, 0.717) is 12.1 Å². The number of nitro benzene ring substituents is 2. The van der Waals surface area contributed by atoms with Gasteiger partial charge in [-0.15, -0.1) is 0 Å². The summed E-state index contributed by atoms with van der Waals surface area (Å²) in [5, 5.41) is 56.1. The molecular weight excluding hydrogens is 1000 g/mol. The van der Waals surface area contributed by atoms with E-state index in [9.17, 15) is 64.0 Å². The average Bonchev–Trinajstić information content (AvgIpc) is 3.33. The first kappa shape index (κ1) is 58.5. The lowest BCUT2D eigenvalue weighted by atomic mass is 10.0. The Morgan fingerprint density at radius 2 is 1.11 bits per heavy atom. The predicted octanol–water partition coefficient (Wildman–Crippen LogP) is -7.21. The maximum absolute atomic E-state index is 14.6. The third-order valence-corrected chi connectivity index (χ3v) is 9.61. The number of carbonyl (C=O) groups excluding carboxylic acids is 6. The van der Waals surface area contributed by atoms with E-state index >= 15 is 0 Å². The number of hydrogen-bond donors (Lipinski definition) is 16. The number of nitrogens with zero attached hydrogens (tertiary/aromatic N) is 7. The van der Waals surface area contributed by atoms with Crippen LogP contribution in [-0.2, 0) is 35.3 Å². The van der Waals surface area contributed by atoms with Gasteiger partial charge in [0.15, 0.2) is 23.8 Å². The third-order valence-electron chi connectivity index (χ3n) is 9.61. The SMILES string of the molecule is COc1ccc(CN(c2c(C(=O)O)cc([N+](=O)[O-])cc2[N+](=O)[O-])C(CO)C(=O)NC(C(=O)NC(N=C(N)N)C(=O)NC(N=C(N)N)C(=O)NC(N=C(N)N)C(=O)NC(N=C(N)N)C(N)=O)c2ccccc2)c(OC)c1. The van der Waals surface area contributed by atoms with Crippen molar-refractivity contribution < 1.29 is 63.1 Å². The number of guanidine groups is 4. The molecule has 0 aliphatic rings. The van der Waals surface area contributed by atoms with Gasteiger partial charge in [0, 0.05) is 24.2 Å². The maximum Gasteiger partial charge on any atom is 0.338 e. The van der Waals surface area contributed by atoms with Gasteiger partial charge in [0.25, 0.3) is 35.0 Å². The zero-order valence-electron chi connectivity index (χ0n) is 39.2. The first-order valence-corrected chi connectivity index (χ1v) is 20.7. The number of benzene rings is 3. The van der Waals surface area contributed by atoms with Crippen LogP contribution in [-0.4, -0.2) is 137 Å². The van der Waals surface area contributed by atoms with Gasteiger partial charge in [0.05, 0.1) is 42.3 Å². The molecule has 0 saturated heterocycles. The number of aromatic carboxylic acids is 1. The second-order valence-corrected chi connectivity index (χ2v) is 14.8. The number of nitrogens with one attached hydrogen (secondary N) is 5. The van der Waals surface area contributed by atoms with Gasteiger partial charge in [0.1, 0.15) is 29.3 Å². The van der Waals surface area contributed by atoms with Crippen LogP contribution in [0.25, 0.3) is 0 Å². The molecule has 3 rings (SSSR count). The van der Waals surface area contributed by atoms with Crippen molar-refractivity contribution in [3.05, 3.63) is 97.6 Å². The molecule has 3 aromatic rings. The summed E-state index contributed by atoms with van der Waals surface area (Å²) in [7, 11) is 2.54. The summed E-state index contributed by atoms with van der Waals surface area (Å²) in [6, 6.07) is 7.84. The van der Waals surface area contributed by atoms with E-state index in [0.717, 1.165) is 4.90 Å². The largest absolute Gasteiger partial charge is 0.497 e. The zero-order valence-corrected chi connectivity index (χ0v) is 39.2. The highest BCUT2D eigenvalue weighted by atomic mass is 16.6. The lowest BCUT2D eigenvalue weighted by Gasteiger charge is -2.33. The lowest BCUT2D eigenvalue weighted by molar-refractivity contribution is -0.393. The molecule has 0 aliphatic carbocycles. The summed E-state index contributed by atoms with van der Waals surface area (Å²) in [5.74, 6) is -13.3. The van der Waals surface area contributed by atoms with Crippen LogP contribution >= 0.6 is 0 Å². The average molecular weight is 1050 g/mol. The van der Waals surface area contributed by atoms with Crippen LogP contribution in [0.2, 0.25) is 0 Å². The fourth-order valence-electron chi connectivity index (χ4n) is 6.42. The second kappa shape index (κ2) is 26.4. The molecule has 0 aromatic heterocycles. The van der Waals surface area contributed by atoms with Crippen LogP contribution in [0.5, 0.6) is 11.5 Å². The first-order chi connectivity index (χ1) is 35.2. The molecule has 3 aromatic carbocycles. The number of carbonyl (C=O) groups is 7. The molecule has 75 heavy (non-hydrogen) atoms. The smallest absolute Gasteiger partial charge is 0.338 e. The number of nitrogens with two attached hydrogens (primary N) is 9. The first-order valence-electron chi connectivity index (χ1n) is 20.7. The topological polar surface area (TPSA) is 612 Å².